The zero-order chi connectivity index (χ0) is 17.6. The summed E-state index contributed by atoms with van der Waals surface area (Å²) in [5.74, 6) is -0.0261. The molecule has 0 N–H and O–H groups in total. The fourth-order valence-electron chi connectivity index (χ4n) is 3.34. The number of rotatable bonds is 5. The number of amides is 1. The molecule has 0 bridgehead atoms. The third-order valence-corrected chi connectivity index (χ3v) is 5.36. The molecule has 0 spiro atoms. The van der Waals surface area contributed by atoms with Crippen molar-refractivity contribution in [2.45, 2.75) is 18.9 Å². The van der Waals surface area contributed by atoms with Gasteiger partial charge in [-0.1, -0.05) is 23.2 Å². The highest BCUT2D eigenvalue weighted by molar-refractivity contribution is 6.36. The molecule has 2 saturated heterocycles. The Hall–Kier alpha value is -0.850. The first-order chi connectivity index (χ1) is 12.1. The van der Waals surface area contributed by atoms with Crippen molar-refractivity contribution in [1.29, 1.82) is 0 Å². The second kappa shape index (κ2) is 9.19. The number of nitrogens with zero attached hydrogens (tertiary/aromatic N) is 2. The largest absolute Gasteiger partial charge is 0.381 e. The molecule has 2 aliphatic rings. The molecule has 25 heavy (non-hydrogen) atoms. The van der Waals surface area contributed by atoms with E-state index in [2.05, 4.69) is 4.90 Å². The van der Waals surface area contributed by atoms with E-state index in [-0.39, 0.29) is 11.9 Å². The molecule has 2 heterocycles. The standard InChI is InChI=1S/C18H24Cl2N2O3/c19-14-1-2-16(17(20)13-14)18(23)22(15-3-9-24-10-4-15)6-5-21-7-11-25-12-8-21/h1-2,13,15H,3-12H2. The number of hydrogen-bond acceptors (Lipinski definition) is 4. The van der Waals surface area contributed by atoms with Crippen LogP contribution in [0.2, 0.25) is 10.0 Å². The first-order valence-corrected chi connectivity index (χ1v) is 9.54. The SMILES string of the molecule is O=C(c1ccc(Cl)cc1Cl)N(CCN1CCOCC1)C1CCOCC1. The van der Waals surface area contributed by atoms with Gasteiger partial charge in [-0.15, -0.1) is 0 Å². The Labute approximate surface area is 158 Å². The highest BCUT2D eigenvalue weighted by atomic mass is 35.5. The molecule has 5 nitrogen and oxygen atoms in total. The molecule has 2 fully saturated rings. The summed E-state index contributed by atoms with van der Waals surface area (Å²) in [6.45, 7) is 6.26. The lowest BCUT2D eigenvalue weighted by Gasteiger charge is -2.36. The molecule has 2 aliphatic heterocycles. The van der Waals surface area contributed by atoms with E-state index >= 15 is 0 Å². The van der Waals surface area contributed by atoms with Crippen molar-refractivity contribution in [2.24, 2.45) is 0 Å². The van der Waals surface area contributed by atoms with E-state index in [0.717, 1.165) is 45.7 Å². The number of hydrogen-bond donors (Lipinski definition) is 0. The number of benzene rings is 1. The van der Waals surface area contributed by atoms with E-state index in [9.17, 15) is 4.79 Å². The van der Waals surface area contributed by atoms with Crippen LogP contribution in [-0.4, -0.2) is 74.4 Å². The Morgan fingerprint density at radius 1 is 1.12 bits per heavy atom. The maximum absolute atomic E-state index is 13.2. The lowest BCUT2D eigenvalue weighted by atomic mass is 10.0. The van der Waals surface area contributed by atoms with Crippen molar-refractivity contribution in [3.05, 3.63) is 33.8 Å². The van der Waals surface area contributed by atoms with E-state index in [1.165, 1.54) is 0 Å². The van der Waals surface area contributed by atoms with Gasteiger partial charge in [0.15, 0.2) is 0 Å². The summed E-state index contributed by atoms with van der Waals surface area (Å²) >= 11 is 12.2. The number of halogens is 2. The highest BCUT2D eigenvalue weighted by Gasteiger charge is 2.28. The van der Waals surface area contributed by atoms with Gasteiger partial charge in [0.05, 0.1) is 23.8 Å². The molecular formula is C18H24Cl2N2O3. The van der Waals surface area contributed by atoms with Crippen LogP contribution in [0.25, 0.3) is 0 Å². The molecule has 0 saturated carbocycles. The highest BCUT2D eigenvalue weighted by Crippen LogP contribution is 2.25. The minimum atomic E-state index is -0.0261. The number of morpholine rings is 1. The predicted molar refractivity (Wildman–Crippen MR) is 98.6 cm³/mol. The minimum Gasteiger partial charge on any atom is -0.381 e. The van der Waals surface area contributed by atoms with Crippen LogP contribution < -0.4 is 0 Å². The van der Waals surface area contributed by atoms with Crippen molar-refractivity contribution in [3.8, 4) is 0 Å². The van der Waals surface area contributed by atoms with Gasteiger partial charge in [-0.2, -0.15) is 0 Å². The molecule has 0 unspecified atom stereocenters. The van der Waals surface area contributed by atoms with Crippen molar-refractivity contribution >= 4 is 29.1 Å². The van der Waals surface area contributed by atoms with Gasteiger partial charge < -0.3 is 14.4 Å². The van der Waals surface area contributed by atoms with Gasteiger partial charge in [0.25, 0.3) is 5.91 Å². The molecule has 0 radical (unpaired) electrons. The summed E-state index contributed by atoms with van der Waals surface area (Å²) in [6, 6.07) is 5.24. The zero-order valence-corrected chi connectivity index (χ0v) is 15.8. The average Bonchev–Trinajstić information content (AvgIpc) is 2.63. The van der Waals surface area contributed by atoms with Crippen LogP contribution in [0, 0.1) is 0 Å². The number of ether oxygens (including phenoxy) is 2. The van der Waals surface area contributed by atoms with E-state index < -0.39 is 0 Å². The summed E-state index contributed by atoms with van der Waals surface area (Å²) < 4.78 is 10.9. The molecule has 3 rings (SSSR count). The smallest absolute Gasteiger partial charge is 0.255 e. The topological polar surface area (TPSA) is 42.0 Å². The van der Waals surface area contributed by atoms with E-state index in [4.69, 9.17) is 32.7 Å². The van der Waals surface area contributed by atoms with Crippen LogP contribution in [0.4, 0.5) is 0 Å². The van der Waals surface area contributed by atoms with Crippen LogP contribution in [0.5, 0.6) is 0 Å². The quantitative estimate of drug-likeness (QED) is 0.779. The maximum Gasteiger partial charge on any atom is 0.255 e. The van der Waals surface area contributed by atoms with E-state index in [1.54, 1.807) is 18.2 Å². The maximum atomic E-state index is 13.2. The molecule has 1 aromatic rings. The van der Waals surface area contributed by atoms with E-state index in [1.807, 2.05) is 4.90 Å². The van der Waals surface area contributed by atoms with Crippen molar-refractivity contribution < 1.29 is 14.3 Å². The third-order valence-electron chi connectivity index (χ3n) is 4.81. The van der Waals surface area contributed by atoms with Gasteiger partial charge in [0.2, 0.25) is 0 Å². The molecular weight excluding hydrogens is 363 g/mol. The first-order valence-electron chi connectivity index (χ1n) is 8.79. The van der Waals surface area contributed by atoms with Crippen LogP contribution in [0.1, 0.15) is 23.2 Å². The summed E-state index contributed by atoms with van der Waals surface area (Å²) in [4.78, 5) is 17.5. The summed E-state index contributed by atoms with van der Waals surface area (Å²) in [5.41, 5.74) is 0.513. The Morgan fingerprint density at radius 3 is 2.48 bits per heavy atom. The van der Waals surface area contributed by atoms with Gasteiger partial charge in [0.1, 0.15) is 0 Å². The molecule has 1 aromatic carbocycles. The van der Waals surface area contributed by atoms with Crippen LogP contribution >= 0.6 is 23.2 Å². The van der Waals surface area contributed by atoms with Crippen molar-refractivity contribution in [3.63, 3.8) is 0 Å². The van der Waals surface area contributed by atoms with Crippen LogP contribution in [0.15, 0.2) is 18.2 Å². The monoisotopic (exact) mass is 386 g/mol. The molecule has 0 aromatic heterocycles. The van der Waals surface area contributed by atoms with Crippen LogP contribution in [0.3, 0.4) is 0 Å². The van der Waals surface area contributed by atoms with Gasteiger partial charge in [-0.25, -0.2) is 0 Å². The number of carbonyl (C=O) groups is 1. The van der Waals surface area contributed by atoms with Crippen molar-refractivity contribution in [1.82, 2.24) is 9.80 Å². The Kier molecular flexibility index (Phi) is 6.96. The fraction of sp³-hybridized carbons (Fsp3) is 0.611. The lowest BCUT2D eigenvalue weighted by Crippen LogP contribution is -2.48. The van der Waals surface area contributed by atoms with Gasteiger partial charge >= 0.3 is 0 Å². The second-order valence-electron chi connectivity index (χ2n) is 6.42. The average molecular weight is 387 g/mol. The van der Waals surface area contributed by atoms with E-state index in [0.29, 0.717) is 35.4 Å². The van der Waals surface area contributed by atoms with Crippen LogP contribution in [-0.2, 0) is 9.47 Å². The molecule has 138 valence electrons. The first kappa shape index (κ1) is 18.9. The Balaban J connectivity index is 1.73. The predicted octanol–water partition coefficient (Wildman–Crippen LogP) is 2.95. The normalized spacial score (nSPS) is 19.8. The lowest BCUT2D eigenvalue weighted by molar-refractivity contribution is 0.0141. The molecule has 0 aliphatic carbocycles. The summed E-state index contributed by atoms with van der Waals surface area (Å²) in [6.07, 6.45) is 1.72. The molecule has 1 amide bonds. The van der Waals surface area contributed by atoms with Gasteiger partial charge in [-0.3, -0.25) is 9.69 Å². The Morgan fingerprint density at radius 2 is 1.80 bits per heavy atom. The van der Waals surface area contributed by atoms with Crippen molar-refractivity contribution in [2.75, 3.05) is 52.6 Å². The number of carbonyl (C=O) groups excluding carboxylic acids is 1. The second-order valence-corrected chi connectivity index (χ2v) is 7.26. The molecule has 0 atom stereocenters. The van der Waals surface area contributed by atoms with Gasteiger partial charge in [0, 0.05) is 50.5 Å². The zero-order valence-electron chi connectivity index (χ0n) is 14.3. The van der Waals surface area contributed by atoms with Gasteiger partial charge in [-0.05, 0) is 31.0 Å². The minimum absolute atomic E-state index is 0.0261. The fourth-order valence-corrected chi connectivity index (χ4v) is 3.83. The third kappa shape index (κ3) is 5.08. The molecule has 7 heteroatoms. The summed E-state index contributed by atoms with van der Waals surface area (Å²) in [7, 11) is 0. The Bertz CT molecular complexity index is 588. The summed E-state index contributed by atoms with van der Waals surface area (Å²) in [5, 5.41) is 0.938.